The van der Waals surface area contributed by atoms with Gasteiger partial charge in [-0.25, -0.2) is 0 Å². The Morgan fingerprint density at radius 2 is 1.83 bits per heavy atom. The lowest BCUT2D eigenvalue weighted by atomic mass is 9.58. The van der Waals surface area contributed by atoms with E-state index in [-0.39, 0.29) is 17.5 Å². The highest BCUT2D eigenvalue weighted by molar-refractivity contribution is 5.83. The summed E-state index contributed by atoms with van der Waals surface area (Å²) in [6.07, 6.45) is -1.04. The molecular weight excluding hydrogens is 309 g/mol. The van der Waals surface area contributed by atoms with Crippen LogP contribution < -0.4 is 4.74 Å². The lowest BCUT2D eigenvalue weighted by Crippen LogP contribution is -2.50. The van der Waals surface area contributed by atoms with Crippen molar-refractivity contribution in [2.24, 2.45) is 5.92 Å². The Kier molecular flexibility index (Phi) is 4.12. The largest absolute Gasteiger partial charge is 0.573 e. The third-order valence-corrected chi connectivity index (χ3v) is 5.21. The van der Waals surface area contributed by atoms with E-state index in [4.69, 9.17) is 0 Å². The molecule has 2 atom stereocenters. The molecule has 3 nitrogen and oxygen atoms in total. The maximum absolute atomic E-state index is 12.2. The predicted octanol–water partition coefficient (Wildman–Crippen LogP) is 3.74. The Bertz CT molecular complexity index is 576. The van der Waals surface area contributed by atoms with Crippen molar-refractivity contribution < 1.29 is 27.8 Å². The number of benzene rings is 1. The van der Waals surface area contributed by atoms with Crippen LogP contribution in [0.3, 0.4) is 0 Å². The smallest absolute Gasteiger partial charge is 0.406 e. The Balaban J connectivity index is 1.81. The molecule has 2 aliphatic rings. The van der Waals surface area contributed by atoms with Gasteiger partial charge in [-0.2, -0.15) is 0 Å². The molecule has 0 amide bonds. The Morgan fingerprint density at radius 1 is 1.17 bits per heavy atom. The van der Waals surface area contributed by atoms with Gasteiger partial charge in [-0.15, -0.1) is 13.2 Å². The lowest BCUT2D eigenvalue weighted by molar-refractivity contribution is -0.274. The first kappa shape index (κ1) is 16.3. The number of carbonyl (C=O) groups is 1. The quantitative estimate of drug-likeness (QED) is 0.916. The summed E-state index contributed by atoms with van der Waals surface area (Å²) in [5.74, 6) is -0.524. The van der Waals surface area contributed by atoms with Gasteiger partial charge in [0.2, 0.25) is 0 Å². The predicted molar refractivity (Wildman–Crippen MR) is 77.0 cm³/mol. The molecule has 3 rings (SSSR count). The van der Waals surface area contributed by atoms with Crippen LogP contribution in [0.15, 0.2) is 24.3 Å². The number of carbonyl (C=O) groups excluding carboxylic acids is 1. The van der Waals surface area contributed by atoms with Crippen molar-refractivity contribution in [1.82, 2.24) is 0 Å². The van der Waals surface area contributed by atoms with Crippen molar-refractivity contribution in [1.29, 1.82) is 0 Å². The number of halogens is 3. The van der Waals surface area contributed by atoms with Gasteiger partial charge in [-0.3, -0.25) is 4.79 Å². The second kappa shape index (κ2) is 5.82. The van der Waals surface area contributed by atoms with Gasteiger partial charge in [-0.05, 0) is 43.4 Å². The van der Waals surface area contributed by atoms with Gasteiger partial charge >= 0.3 is 6.36 Å². The van der Waals surface area contributed by atoms with E-state index in [1.165, 1.54) is 12.1 Å². The second-order valence-electron chi connectivity index (χ2n) is 6.49. The first-order valence-electron chi connectivity index (χ1n) is 7.89. The highest BCUT2D eigenvalue weighted by Gasteiger charge is 2.50. The number of alkyl halides is 3. The number of hydrogen-bond acceptors (Lipinski definition) is 3. The average Bonchev–Trinajstić information content (AvgIpc) is 2.84. The van der Waals surface area contributed by atoms with Crippen molar-refractivity contribution >= 4 is 5.78 Å². The van der Waals surface area contributed by atoms with Crippen LogP contribution in [-0.2, 0) is 10.2 Å². The second-order valence-corrected chi connectivity index (χ2v) is 6.49. The van der Waals surface area contributed by atoms with E-state index in [2.05, 4.69) is 4.74 Å². The normalized spacial score (nSPS) is 25.0. The number of ketones is 1. The summed E-state index contributed by atoms with van der Waals surface area (Å²) in [5, 5.41) is 10.8. The fourth-order valence-electron chi connectivity index (χ4n) is 3.86. The maximum atomic E-state index is 12.2. The number of ether oxygens (including phenoxy) is 1. The third-order valence-electron chi connectivity index (χ3n) is 5.21. The molecule has 0 spiro atoms. The standard InChI is InChI=1S/C17H19F3O3/c18-17(19,20)23-12-7-5-11(6-8-12)16(9-2-10-16)15(22)13-3-1-4-14(13)21/h5-8,13,15,22H,1-4,9-10H2/t13-,15-/m1/s1. The monoisotopic (exact) mass is 328 g/mol. The van der Waals surface area contributed by atoms with Gasteiger partial charge in [0.25, 0.3) is 0 Å². The summed E-state index contributed by atoms with van der Waals surface area (Å²) in [7, 11) is 0. The fourth-order valence-corrected chi connectivity index (χ4v) is 3.86. The SMILES string of the molecule is O=C1CCC[C@H]1[C@@H](O)C1(c2ccc(OC(F)(F)F)cc2)CCC1. The first-order chi connectivity index (χ1) is 10.8. The van der Waals surface area contributed by atoms with Crippen LogP contribution in [0.25, 0.3) is 0 Å². The average molecular weight is 328 g/mol. The summed E-state index contributed by atoms with van der Waals surface area (Å²) < 4.78 is 40.6. The van der Waals surface area contributed by atoms with Gasteiger partial charge in [0, 0.05) is 17.8 Å². The molecule has 0 radical (unpaired) electrons. The van der Waals surface area contributed by atoms with Gasteiger partial charge in [-0.1, -0.05) is 18.6 Å². The van der Waals surface area contributed by atoms with Crippen LogP contribution in [0.4, 0.5) is 13.2 Å². The summed E-state index contributed by atoms with van der Waals surface area (Å²) in [6.45, 7) is 0. The minimum absolute atomic E-state index is 0.0980. The number of rotatable bonds is 4. The molecule has 126 valence electrons. The Hall–Kier alpha value is -1.56. The zero-order valence-electron chi connectivity index (χ0n) is 12.6. The van der Waals surface area contributed by atoms with Crippen molar-refractivity contribution in [3.8, 4) is 5.75 Å². The van der Waals surface area contributed by atoms with E-state index in [1.54, 1.807) is 12.1 Å². The Labute approximate surface area is 132 Å². The fraction of sp³-hybridized carbons (Fsp3) is 0.588. The molecule has 0 bridgehead atoms. The van der Waals surface area contributed by atoms with Crippen molar-refractivity contribution in [3.05, 3.63) is 29.8 Å². The summed E-state index contributed by atoms with van der Waals surface area (Å²) in [5.41, 5.74) is 0.270. The van der Waals surface area contributed by atoms with Crippen molar-refractivity contribution in [3.63, 3.8) is 0 Å². The zero-order chi connectivity index (χ0) is 16.7. The summed E-state index contributed by atoms with van der Waals surface area (Å²) in [6, 6.07) is 5.68. The minimum Gasteiger partial charge on any atom is -0.406 e. The number of aliphatic hydroxyl groups excluding tert-OH is 1. The molecule has 1 N–H and O–H groups in total. The number of Topliss-reactive ketones (excluding diaryl/α,β-unsaturated/α-hetero) is 1. The topological polar surface area (TPSA) is 46.5 Å². The van der Waals surface area contributed by atoms with Gasteiger partial charge in [0.15, 0.2) is 0 Å². The summed E-state index contributed by atoms with van der Waals surface area (Å²) in [4.78, 5) is 11.9. The van der Waals surface area contributed by atoms with Gasteiger partial charge < -0.3 is 9.84 Å². The molecule has 2 saturated carbocycles. The summed E-state index contributed by atoms with van der Waals surface area (Å²) >= 11 is 0. The van der Waals surface area contributed by atoms with E-state index in [0.717, 1.165) is 31.2 Å². The van der Waals surface area contributed by atoms with Crippen molar-refractivity contribution in [2.45, 2.75) is 56.4 Å². The first-order valence-corrected chi connectivity index (χ1v) is 7.89. The van der Waals surface area contributed by atoms with Crippen LogP contribution in [0.1, 0.15) is 44.1 Å². The van der Waals surface area contributed by atoms with E-state index in [9.17, 15) is 23.1 Å². The molecule has 1 aromatic carbocycles. The van der Waals surface area contributed by atoms with Crippen LogP contribution in [0.2, 0.25) is 0 Å². The number of hydrogen-bond donors (Lipinski definition) is 1. The van der Waals surface area contributed by atoms with Crippen LogP contribution in [-0.4, -0.2) is 23.4 Å². The van der Waals surface area contributed by atoms with Crippen molar-refractivity contribution in [2.75, 3.05) is 0 Å². The van der Waals surface area contributed by atoms with Crippen LogP contribution in [0, 0.1) is 5.92 Å². The maximum Gasteiger partial charge on any atom is 0.573 e. The number of aliphatic hydroxyl groups is 1. The van der Waals surface area contributed by atoms with Crippen LogP contribution in [0.5, 0.6) is 5.75 Å². The minimum atomic E-state index is -4.72. The van der Waals surface area contributed by atoms with E-state index >= 15 is 0 Å². The molecule has 23 heavy (non-hydrogen) atoms. The molecule has 0 saturated heterocycles. The molecule has 2 fully saturated rings. The lowest BCUT2D eigenvalue weighted by Gasteiger charge is -2.47. The molecule has 6 heteroatoms. The highest BCUT2D eigenvalue weighted by atomic mass is 19.4. The van der Waals surface area contributed by atoms with Gasteiger partial charge in [0.05, 0.1) is 6.10 Å². The third kappa shape index (κ3) is 3.09. The molecule has 0 aliphatic heterocycles. The van der Waals surface area contributed by atoms with Crippen LogP contribution >= 0.6 is 0 Å². The Morgan fingerprint density at radius 3 is 2.26 bits per heavy atom. The molecular formula is C17H19F3O3. The van der Waals surface area contributed by atoms with E-state index < -0.39 is 17.9 Å². The molecule has 2 aliphatic carbocycles. The molecule has 0 aromatic heterocycles. The zero-order valence-corrected chi connectivity index (χ0v) is 12.6. The molecule has 0 heterocycles. The van der Waals surface area contributed by atoms with E-state index in [0.29, 0.717) is 12.8 Å². The molecule has 0 unspecified atom stereocenters. The molecule has 1 aromatic rings. The van der Waals surface area contributed by atoms with Gasteiger partial charge in [0.1, 0.15) is 11.5 Å². The highest BCUT2D eigenvalue weighted by Crippen LogP contribution is 2.50. The van der Waals surface area contributed by atoms with E-state index in [1.807, 2.05) is 0 Å².